The predicted octanol–water partition coefficient (Wildman–Crippen LogP) is 3.35. The van der Waals surface area contributed by atoms with Crippen molar-refractivity contribution in [1.82, 2.24) is 0 Å². The number of thiophene rings is 1. The molecule has 2 rings (SSSR count). The van der Waals surface area contributed by atoms with Crippen LogP contribution in [0.4, 0.5) is 0 Å². The lowest BCUT2D eigenvalue weighted by Gasteiger charge is -2.00. The summed E-state index contributed by atoms with van der Waals surface area (Å²) in [5.74, 6) is 0.880. The summed E-state index contributed by atoms with van der Waals surface area (Å²) >= 11 is 1.79. The van der Waals surface area contributed by atoms with E-state index in [2.05, 4.69) is 24.3 Å². The summed E-state index contributed by atoms with van der Waals surface area (Å²) in [5.41, 5.74) is 1.21. The van der Waals surface area contributed by atoms with Gasteiger partial charge in [0.05, 0.1) is 7.11 Å². The second-order valence-corrected chi connectivity index (χ2v) is 4.99. The summed E-state index contributed by atoms with van der Waals surface area (Å²) in [5, 5.41) is 8.80. The van der Waals surface area contributed by atoms with E-state index in [4.69, 9.17) is 9.84 Å². The van der Waals surface area contributed by atoms with E-state index in [-0.39, 0.29) is 6.61 Å². The Hall–Kier alpha value is -1.32. The minimum absolute atomic E-state index is 0.260. The van der Waals surface area contributed by atoms with Gasteiger partial charge in [-0.2, -0.15) is 0 Å². The zero-order valence-corrected chi connectivity index (χ0v) is 10.7. The van der Waals surface area contributed by atoms with E-state index in [1.165, 1.54) is 15.3 Å². The standard InChI is InChI=1S/C14H16O2S/c1-16-12-6-4-11(5-7-12)14-9-8-13(17-14)3-2-10-15/h4-9,15H,2-3,10H2,1H3. The minimum Gasteiger partial charge on any atom is -0.497 e. The van der Waals surface area contributed by atoms with Crippen LogP contribution in [0.2, 0.25) is 0 Å². The minimum atomic E-state index is 0.260. The van der Waals surface area contributed by atoms with Gasteiger partial charge in [-0.25, -0.2) is 0 Å². The van der Waals surface area contributed by atoms with Crippen LogP contribution in [0.3, 0.4) is 0 Å². The third-order valence-corrected chi connectivity index (χ3v) is 3.81. The quantitative estimate of drug-likeness (QED) is 0.879. The Morgan fingerprint density at radius 1 is 1.12 bits per heavy atom. The molecule has 0 fully saturated rings. The average Bonchev–Trinajstić information content (AvgIpc) is 2.85. The van der Waals surface area contributed by atoms with Crippen molar-refractivity contribution in [2.24, 2.45) is 0 Å². The first-order valence-electron chi connectivity index (χ1n) is 5.67. The Bertz CT molecular complexity index is 459. The van der Waals surface area contributed by atoms with Crippen LogP contribution in [0, 0.1) is 0 Å². The molecule has 3 heteroatoms. The highest BCUT2D eigenvalue weighted by atomic mass is 32.1. The van der Waals surface area contributed by atoms with Crippen LogP contribution in [0.25, 0.3) is 10.4 Å². The zero-order chi connectivity index (χ0) is 12.1. The van der Waals surface area contributed by atoms with Gasteiger partial charge in [-0.05, 0) is 54.8 Å². The largest absolute Gasteiger partial charge is 0.497 e. The van der Waals surface area contributed by atoms with Gasteiger partial charge in [-0.1, -0.05) is 0 Å². The van der Waals surface area contributed by atoms with E-state index in [0.29, 0.717) is 0 Å². The number of aryl methyl sites for hydroxylation is 1. The first-order chi connectivity index (χ1) is 8.33. The van der Waals surface area contributed by atoms with Gasteiger partial charge in [0, 0.05) is 16.4 Å². The van der Waals surface area contributed by atoms with Crippen molar-refractivity contribution in [2.45, 2.75) is 12.8 Å². The van der Waals surface area contributed by atoms with E-state index in [9.17, 15) is 0 Å². The Morgan fingerprint density at radius 2 is 1.88 bits per heavy atom. The molecule has 90 valence electrons. The molecule has 0 bridgehead atoms. The molecule has 0 amide bonds. The van der Waals surface area contributed by atoms with Gasteiger partial charge in [-0.3, -0.25) is 0 Å². The molecular formula is C14H16O2S. The van der Waals surface area contributed by atoms with Crippen molar-refractivity contribution in [3.05, 3.63) is 41.3 Å². The first kappa shape index (κ1) is 12.1. The molecule has 17 heavy (non-hydrogen) atoms. The van der Waals surface area contributed by atoms with E-state index < -0.39 is 0 Å². The highest BCUT2D eigenvalue weighted by molar-refractivity contribution is 7.15. The van der Waals surface area contributed by atoms with E-state index in [1.807, 2.05) is 12.1 Å². The average molecular weight is 248 g/mol. The summed E-state index contributed by atoms with van der Waals surface area (Å²) in [4.78, 5) is 2.59. The summed E-state index contributed by atoms with van der Waals surface area (Å²) < 4.78 is 5.14. The lowest BCUT2D eigenvalue weighted by Crippen LogP contribution is -1.84. The van der Waals surface area contributed by atoms with Crippen molar-refractivity contribution >= 4 is 11.3 Å². The Balaban J connectivity index is 2.12. The number of benzene rings is 1. The van der Waals surface area contributed by atoms with Gasteiger partial charge < -0.3 is 9.84 Å². The maximum atomic E-state index is 8.80. The monoisotopic (exact) mass is 248 g/mol. The number of ether oxygens (including phenoxy) is 1. The number of hydrogen-bond acceptors (Lipinski definition) is 3. The second kappa shape index (κ2) is 5.84. The van der Waals surface area contributed by atoms with Gasteiger partial charge in [0.1, 0.15) is 5.75 Å². The lowest BCUT2D eigenvalue weighted by molar-refractivity contribution is 0.289. The topological polar surface area (TPSA) is 29.5 Å². The fourth-order valence-corrected chi connectivity index (χ4v) is 2.73. The zero-order valence-electron chi connectivity index (χ0n) is 9.85. The third-order valence-electron chi connectivity index (χ3n) is 2.62. The van der Waals surface area contributed by atoms with Crippen molar-refractivity contribution < 1.29 is 9.84 Å². The maximum absolute atomic E-state index is 8.80. The van der Waals surface area contributed by atoms with E-state index in [0.717, 1.165) is 18.6 Å². The fraction of sp³-hybridized carbons (Fsp3) is 0.286. The fourth-order valence-electron chi connectivity index (χ4n) is 1.68. The van der Waals surface area contributed by atoms with Gasteiger partial charge in [0.25, 0.3) is 0 Å². The Kier molecular flexibility index (Phi) is 4.18. The maximum Gasteiger partial charge on any atom is 0.118 e. The number of methoxy groups -OCH3 is 1. The second-order valence-electron chi connectivity index (χ2n) is 3.82. The molecule has 2 aromatic rings. The van der Waals surface area contributed by atoms with Gasteiger partial charge >= 0.3 is 0 Å². The van der Waals surface area contributed by atoms with E-state index in [1.54, 1.807) is 18.4 Å². The molecule has 1 N–H and O–H groups in total. The molecule has 1 heterocycles. The van der Waals surface area contributed by atoms with Crippen molar-refractivity contribution in [2.75, 3.05) is 13.7 Å². The number of aliphatic hydroxyl groups excluding tert-OH is 1. The first-order valence-corrected chi connectivity index (χ1v) is 6.49. The summed E-state index contributed by atoms with van der Waals surface area (Å²) in [6.45, 7) is 0.260. The highest BCUT2D eigenvalue weighted by Crippen LogP contribution is 2.29. The van der Waals surface area contributed by atoms with Gasteiger partial charge in [0.2, 0.25) is 0 Å². The van der Waals surface area contributed by atoms with Crippen molar-refractivity contribution in [1.29, 1.82) is 0 Å². The molecule has 0 atom stereocenters. The van der Waals surface area contributed by atoms with Crippen LogP contribution in [0.1, 0.15) is 11.3 Å². The molecule has 0 aliphatic rings. The SMILES string of the molecule is COc1ccc(-c2ccc(CCCO)s2)cc1. The summed E-state index contributed by atoms with van der Waals surface area (Å²) in [7, 11) is 1.67. The predicted molar refractivity (Wildman–Crippen MR) is 71.7 cm³/mol. The highest BCUT2D eigenvalue weighted by Gasteiger charge is 2.03. The van der Waals surface area contributed by atoms with Crippen molar-refractivity contribution in [3.63, 3.8) is 0 Å². The molecule has 0 aliphatic heterocycles. The number of aliphatic hydroxyl groups is 1. The Labute approximate surface area is 105 Å². The smallest absolute Gasteiger partial charge is 0.118 e. The molecule has 1 aromatic heterocycles. The van der Waals surface area contributed by atoms with Crippen LogP contribution >= 0.6 is 11.3 Å². The number of rotatable bonds is 5. The summed E-state index contributed by atoms with van der Waals surface area (Å²) in [6, 6.07) is 12.4. The molecule has 0 unspecified atom stereocenters. The number of hydrogen-bond donors (Lipinski definition) is 1. The van der Waals surface area contributed by atoms with Crippen LogP contribution in [-0.2, 0) is 6.42 Å². The molecule has 2 nitrogen and oxygen atoms in total. The molecular weight excluding hydrogens is 232 g/mol. The molecule has 0 saturated heterocycles. The normalized spacial score (nSPS) is 10.5. The molecule has 0 spiro atoms. The molecule has 1 aromatic carbocycles. The van der Waals surface area contributed by atoms with Gasteiger partial charge in [0.15, 0.2) is 0 Å². The Morgan fingerprint density at radius 3 is 2.53 bits per heavy atom. The van der Waals surface area contributed by atoms with Crippen molar-refractivity contribution in [3.8, 4) is 16.2 Å². The molecule has 0 saturated carbocycles. The van der Waals surface area contributed by atoms with Crippen LogP contribution < -0.4 is 4.74 Å². The lowest BCUT2D eigenvalue weighted by atomic mass is 10.2. The van der Waals surface area contributed by atoms with Crippen LogP contribution in [-0.4, -0.2) is 18.8 Å². The summed E-state index contributed by atoms with van der Waals surface area (Å²) in [6.07, 6.45) is 1.79. The van der Waals surface area contributed by atoms with E-state index >= 15 is 0 Å². The third kappa shape index (κ3) is 3.08. The van der Waals surface area contributed by atoms with Crippen LogP contribution in [0.5, 0.6) is 5.75 Å². The molecule has 0 aliphatic carbocycles. The van der Waals surface area contributed by atoms with Crippen LogP contribution in [0.15, 0.2) is 36.4 Å². The van der Waals surface area contributed by atoms with Gasteiger partial charge in [-0.15, -0.1) is 11.3 Å². The molecule has 0 radical (unpaired) electrons.